The molecule has 0 fully saturated rings. The molecule has 2 aromatic heterocycles. The zero-order chi connectivity index (χ0) is 12.4. The van der Waals surface area contributed by atoms with E-state index in [-0.39, 0.29) is 11.9 Å². The zero-order valence-electron chi connectivity index (χ0n) is 9.53. The lowest BCUT2D eigenvalue weighted by Gasteiger charge is -2.09. The predicted molar refractivity (Wildman–Crippen MR) is 61.6 cm³/mol. The van der Waals surface area contributed by atoms with E-state index in [0.717, 1.165) is 0 Å². The van der Waals surface area contributed by atoms with Crippen molar-refractivity contribution >= 4 is 11.9 Å². The van der Waals surface area contributed by atoms with Crippen molar-refractivity contribution in [3.63, 3.8) is 0 Å². The van der Waals surface area contributed by atoms with Crippen molar-refractivity contribution < 1.29 is 4.79 Å². The van der Waals surface area contributed by atoms with E-state index < -0.39 is 0 Å². The second kappa shape index (κ2) is 4.20. The Morgan fingerprint density at radius 2 is 2.12 bits per heavy atom. The van der Waals surface area contributed by atoms with Gasteiger partial charge in [0.25, 0.3) is 5.91 Å². The van der Waals surface area contributed by atoms with Gasteiger partial charge in [0.2, 0.25) is 5.95 Å². The Bertz CT molecular complexity index is 530. The van der Waals surface area contributed by atoms with Gasteiger partial charge in [0, 0.05) is 20.3 Å². The van der Waals surface area contributed by atoms with Gasteiger partial charge in [-0.1, -0.05) is 0 Å². The van der Waals surface area contributed by atoms with Gasteiger partial charge >= 0.3 is 0 Å². The van der Waals surface area contributed by atoms with Crippen LogP contribution in [0.5, 0.6) is 0 Å². The van der Waals surface area contributed by atoms with E-state index in [1.165, 1.54) is 22.1 Å². The smallest absolute Gasteiger partial charge is 0.254 e. The number of nitrogen functional groups attached to an aromatic ring is 1. The van der Waals surface area contributed by atoms with E-state index in [1.54, 1.807) is 26.2 Å². The molecule has 0 saturated carbocycles. The molecular formula is C10H12N6O. The van der Waals surface area contributed by atoms with Crippen molar-refractivity contribution in [2.75, 3.05) is 19.8 Å². The molecule has 17 heavy (non-hydrogen) atoms. The fourth-order valence-corrected chi connectivity index (χ4v) is 1.29. The fourth-order valence-electron chi connectivity index (χ4n) is 1.29. The summed E-state index contributed by atoms with van der Waals surface area (Å²) in [6.45, 7) is 0. The molecule has 0 radical (unpaired) electrons. The van der Waals surface area contributed by atoms with Gasteiger partial charge in [0.05, 0.1) is 5.56 Å². The molecule has 0 spiro atoms. The third-order valence-electron chi connectivity index (χ3n) is 2.15. The van der Waals surface area contributed by atoms with Gasteiger partial charge in [-0.2, -0.15) is 0 Å². The first-order valence-electron chi connectivity index (χ1n) is 4.93. The van der Waals surface area contributed by atoms with E-state index in [1.807, 2.05) is 0 Å². The first kappa shape index (κ1) is 11.1. The van der Waals surface area contributed by atoms with Crippen molar-refractivity contribution in [3.8, 4) is 5.82 Å². The quantitative estimate of drug-likeness (QED) is 0.783. The highest BCUT2D eigenvalue weighted by molar-refractivity contribution is 5.93. The minimum atomic E-state index is -0.0952. The molecule has 2 rings (SSSR count). The van der Waals surface area contributed by atoms with Crippen LogP contribution in [0.25, 0.3) is 5.82 Å². The highest BCUT2D eigenvalue weighted by Gasteiger charge is 2.08. The third-order valence-corrected chi connectivity index (χ3v) is 2.15. The Morgan fingerprint density at radius 3 is 2.59 bits per heavy atom. The molecule has 7 heteroatoms. The Hall–Kier alpha value is -2.44. The minimum Gasteiger partial charge on any atom is -0.366 e. The number of nitrogens with zero attached hydrogens (tertiary/aromatic N) is 5. The summed E-state index contributed by atoms with van der Waals surface area (Å²) in [4.78, 5) is 21.0. The number of carbonyl (C=O) groups excluding carboxylic acids is 1. The van der Waals surface area contributed by atoms with E-state index in [0.29, 0.717) is 11.4 Å². The number of rotatable bonds is 2. The summed E-state index contributed by atoms with van der Waals surface area (Å²) in [5.41, 5.74) is 5.92. The van der Waals surface area contributed by atoms with Crippen molar-refractivity contribution in [1.29, 1.82) is 0 Å². The molecule has 1 amide bonds. The maximum absolute atomic E-state index is 11.6. The number of nitrogens with two attached hydrogens (primary N) is 1. The first-order chi connectivity index (χ1) is 8.08. The normalized spacial score (nSPS) is 10.2. The predicted octanol–water partition coefficient (Wildman–Crippen LogP) is -0.0537. The Morgan fingerprint density at radius 1 is 1.35 bits per heavy atom. The van der Waals surface area contributed by atoms with Crippen LogP contribution in [0.4, 0.5) is 5.95 Å². The number of amides is 1. The number of aromatic nitrogens is 4. The lowest BCUT2D eigenvalue weighted by atomic mass is 10.2. The molecule has 7 nitrogen and oxygen atoms in total. The van der Waals surface area contributed by atoms with Crippen LogP contribution in [0.2, 0.25) is 0 Å². The Labute approximate surface area is 97.9 Å². The zero-order valence-corrected chi connectivity index (χ0v) is 9.53. The second-order valence-electron chi connectivity index (χ2n) is 3.65. The average molecular weight is 232 g/mol. The molecule has 0 saturated heterocycles. The largest absolute Gasteiger partial charge is 0.366 e. The lowest BCUT2D eigenvalue weighted by Crippen LogP contribution is -2.21. The summed E-state index contributed by atoms with van der Waals surface area (Å²) in [7, 11) is 3.38. The molecule has 0 aromatic carbocycles. The SMILES string of the molecule is CN(C)C(=O)c1ccc(-n2cnc(N)n2)nc1. The van der Waals surface area contributed by atoms with Crippen LogP contribution in [0, 0.1) is 0 Å². The van der Waals surface area contributed by atoms with Gasteiger partial charge in [-0.05, 0) is 12.1 Å². The van der Waals surface area contributed by atoms with Crippen molar-refractivity contribution in [2.24, 2.45) is 0 Å². The van der Waals surface area contributed by atoms with Gasteiger partial charge in [0.1, 0.15) is 6.33 Å². The van der Waals surface area contributed by atoms with Gasteiger partial charge < -0.3 is 10.6 Å². The number of carbonyl (C=O) groups is 1. The molecule has 88 valence electrons. The van der Waals surface area contributed by atoms with Gasteiger partial charge in [-0.15, -0.1) is 5.10 Å². The van der Waals surface area contributed by atoms with Gasteiger partial charge in [0.15, 0.2) is 5.82 Å². The summed E-state index contributed by atoms with van der Waals surface area (Å²) < 4.78 is 1.44. The fraction of sp³-hybridized carbons (Fsp3) is 0.200. The van der Waals surface area contributed by atoms with Crippen molar-refractivity contribution in [1.82, 2.24) is 24.6 Å². The monoisotopic (exact) mass is 232 g/mol. The van der Waals surface area contributed by atoms with E-state index in [4.69, 9.17) is 5.73 Å². The Balaban J connectivity index is 2.27. The molecule has 0 aliphatic heterocycles. The maximum Gasteiger partial charge on any atom is 0.254 e. The average Bonchev–Trinajstić information content (AvgIpc) is 2.75. The second-order valence-corrected chi connectivity index (χ2v) is 3.65. The topological polar surface area (TPSA) is 89.9 Å². The van der Waals surface area contributed by atoms with E-state index in [2.05, 4.69) is 15.1 Å². The summed E-state index contributed by atoms with van der Waals surface area (Å²) in [6.07, 6.45) is 2.96. The molecule has 0 unspecified atom stereocenters. The molecule has 2 N–H and O–H groups in total. The van der Waals surface area contributed by atoms with Crippen molar-refractivity contribution in [2.45, 2.75) is 0 Å². The molecule has 0 atom stereocenters. The van der Waals surface area contributed by atoms with Crippen LogP contribution in [0.15, 0.2) is 24.7 Å². The van der Waals surface area contributed by atoms with Crippen LogP contribution < -0.4 is 5.73 Å². The van der Waals surface area contributed by atoms with Gasteiger partial charge in [-0.25, -0.2) is 14.6 Å². The standard InChI is InChI=1S/C10H12N6O/c1-15(2)9(17)7-3-4-8(12-5-7)16-6-13-10(11)14-16/h3-6H,1-2H3,(H2,11,14). The molecule has 2 aromatic rings. The molecular weight excluding hydrogens is 220 g/mol. The number of pyridine rings is 1. The van der Waals surface area contributed by atoms with Crippen LogP contribution in [0.1, 0.15) is 10.4 Å². The number of hydrogen-bond donors (Lipinski definition) is 1. The Kier molecular flexibility index (Phi) is 2.73. The molecule has 0 aliphatic carbocycles. The van der Waals surface area contributed by atoms with Crippen LogP contribution >= 0.6 is 0 Å². The summed E-state index contributed by atoms with van der Waals surface area (Å²) >= 11 is 0. The first-order valence-corrected chi connectivity index (χ1v) is 4.93. The van der Waals surface area contributed by atoms with Crippen LogP contribution in [0.3, 0.4) is 0 Å². The summed E-state index contributed by atoms with van der Waals surface area (Å²) in [5.74, 6) is 0.645. The highest BCUT2D eigenvalue weighted by Crippen LogP contribution is 2.06. The van der Waals surface area contributed by atoms with Crippen LogP contribution in [-0.2, 0) is 0 Å². The van der Waals surface area contributed by atoms with Crippen molar-refractivity contribution in [3.05, 3.63) is 30.2 Å². The number of hydrogen-bond acceptors (Lipinski definition) is 5. The minimum absolute atomic E-state index is 0.0952. The van der Waals surface area contributed by atoms with E-state index >= 15 is 0 Å². The summed E-state index contributed by atoms with van der Waals surface area (Å²) in [5, 5.41) is 3.92. The molecule has 0 aliphatic rings. The molecule has 2 heterocycles. The summed E-state index contributed by atoms with van der Waals surface area (Å²) in [6, 6.07) is 3.37. The highest BCUT2D eigenvalue weighted by atomic mass is 16.2. The molecule has 0 bridgehead atoms. The number of anilines is 1. The lowest BCUT2D eigenvalue weighted by molar-refractivity contribution is 0.0827. The maximum atomic E-state index is 11.6. The third kappa shape index (κ3) is 2.22. The van der Waals surface area contributed by atoms with Crippen LogP contribution in [-0.4, -0.2) is 44.7 Å². The van der Waals surface area contributed by atoms with Gasteiger partial charge in [-0.3, -0.25) is 4.79 Å². The van der Waals surface area contributed by atoms with E-state index in [9.17, 15) is 4.79 Å².